The molecule has 1 aliphatic carbocycles. The summed E-state index contributed by atoms with van der Waals surface area (Å²) < 4.78 is 0. The molecule has 192 valence electrons. The molecule has 1 aromatic carbocycles. The minimum Gasteiger partial charge on any atom is -0.384 e. The first kappa shape index (κ1) is 25.7. The first-order valence-electron chi connectivity index (χ1n) is 13.0. The molecule has 0 spiro atoms. The van der Waals surface area contributed by atoms with Crippen LogP contribution in [0.2, 0.25) is 0 Å². The molecule has 3 atom stereocenters. The molecule has 8 nitrogen and oxygen atoms in total. The van der Waals surface area contributed by atoms with Crippen molar-refractivity contribution in [3.63, 3.8) is 0 Å². The van der Waals surface area contributed by atoms with Gasteiger partial charge in [0.2, 0.25) is 5.91 Å². The van der Waals surface area contributed by atoms with Crippen molar-refractivity contribution in [2.45, 2.75) is 70.9 Å². The topological polar surface area (TPSA) is 109 Å². The first-order chi connectivity index (χ1) is 17.3. The molecule has 4 amide bonds. The molecule has 3 N–H and O–H groups in total. The van der Waals surface area contributed by atoms with Crippen molar-refractivity contribution in [1.82, 2.24) is 15.2 Å². The number of hydrogen-bond donors (Lipinski definition) is 2. The van der Waals surface area contributed by atoms with Crippen LogP contribution in [0.15, 0.2) is 42.6 Å². The summed E-state index contributed by atoms with van der Waals surface area (Å²) >= 11 is 0. The van der Waals surface area contributed by atoms with E-state index in [4.69, 9.17) is 5.73 Å². The van der Waals surface area contributed by atoms with Crippen molar-refractivity contribution in [3.8, 4) is 0 Å². The zero-order valence-electron chi connectivity index (χ0n) is 21.4. The fourth-order valence-electron chi connectivity index (χ4n) is 5.59. The number of carbonyl (C=O) groups excluding carboxylic acids is 3. The molecule has 1 saturated carbocycles. The molecule has 4 rings (SSSR count). The number of aromatic nitrogens is 1. The van der Waals surface area contributed by atoms with Gasteiger partial charge in [0, 0.05) is 25.0 Å². The minimum absolute atomic E-state index is 0.00510. The van der Waals surface area contributed by atoms with Crippen molar-refractivity contribution in [2.75, 3.05) is 17.7 Å². The molecule has 2 aromatic rings. The van der Waals surface area contributed by atoms with Crippen LogP contribution in [0.25, 0.3) is 0 Å². The largest absolute Gasteiger partial charge is 0.384 e. The van der Waals surface area contributed by atoms with Gasteiger partial charge < -0.3 is 16.0 Å². The maximum Gasteiger partial charge on any atom is 0.325 e. The zero-order chi connectivity index (χ0) is 25.8. The number of hydrogen-bond acceptors (Lipinski definition) is 5. The van der Waals surface area contributed by atoms with Crippen LogP contribution < -0.4 is 16.0 Å². The van der Waals surface area contributed by atoms with Crippen LogP contribution >= 0.6 is 0 Å². The van der Waals surface area contributed by atoms with Crippen LogP contribution in [0.3, 0.4) is 0 Å². The normalized spacial score (nSPS) is 21.0. The highest BCUT2D eigenvalue weighted by Crippen LogP contribution is 2.34. The molecule has 1 saturated heterocycles. The van der Waals surface area contributed by atoms with Crippen molar-refractivity contribution in [2.24, 2.45) is 11.8 Å². The Hall–Kier alpha value is -3.42. The Morgan fingerprint density at radius 1 is 1.19 bits per heavy atom. The summed E-state index contributed by atoms with van der Waals surface area (Å²) in [5.74, 6) is -0.500. The number of β-lactam (4-membered cyclic amide) rings is 1. The predicted molar refractivity (Wildman–Crippen MR) is 140 cm³/mol. The van der Waals surface area contributed by atoms with Gasteiger partial charge in [-0.2, -0.15) is 0 Å². The Kier molecular flexibility index (Phi) is 7.91. The van der Waals surface area contributed by atoms with Crippen molar-refractivity contribution >= 4 is 29.4 Å². The molecule has 36 heavy (non-hydrogen) atoms. The van der Waals surface area contributed by atoms with E-state index in [0.29, 0.717) is 23.8 Å². The monoisotopic (exact) mass is 491 g/mol. The Bertz CT molecular complexity index is 1100. The van der Waals surface area contributed by atoms with Crippen LogP contribution in [-0.2, 0) is 16.0 Å². The Morgan fingerprint density at radius 3 is 2.56 bits per heavy atom. The highest BCUT2D eigenvalue weighted by Gasteiger charge is 2.55. The number of nitrogen functional groups attached to an aromatic ring is 1. The van der Waals surface area contributed by atoms with Crippen molar-refractivity contribution in [1.29, 1.82) is 0 Å². The first-order valence-corrected chi connectivity index (χ1v) is 13.0. The van der Waals surface area contributed by atoms with E-state index in [0.717, 1.165) is 35.3 Å². The number of imide groups is 1. The van der Waals surface area contributed by atoms with Crippen LogP contribution in [0.1, 0.15) is 56.6 Å². The highest BCUT2D eigenvalue weighted by molar-refractivity contribution is 6.12. The zero-order valence-corrected chi connectivity index (χ0v) is 21.4. The average Bonchev–Trinajstić information content (AvgIpc) is 2.90. The van der Waals surface area contributed by atoms with E-state index < -0.39 is 18.0 Å². The number of nitrogens with zero attached hydrogens (tertiary/aromatic N) is 3. The molecule has 2 fully saturated rings. The maximum atomic E-state index is 13.7. The van der Waals surface area contributed by atoms with E-state index in [2.05, 4.69) is 17.2 Å². The van der Waals surface area contributed by atoms with E-state index in [9.17, 15) is 14.4 Å². The van der Waals surface area contributed by atoms with Gasteiger partial charge in [-0.1, -0.05) is 44.4 Å². The number of nitrogens with two attached hydrogens (primary N) is 1. The lowest BCUT2D eigenvalue weighted by atomic mass is 9.80. The van der Waals surface area contributed by atoms with E-state index in [1.165, 1.54) is 24.2 Å². The maximum absolute atomic E-state index is 13.7. The van der Waals surface area contributed by atoms with Gasteiger partial charge in [-0.05, 0) is 67.9 Å². The van der Waals surface area contributed by atoms with E-state index in [1.54, 1.807) is 19.3 Å². The third-order valence-electron chi connectivity index (χ3n) is 7.80. The summed E-state index contributed by atoms with van der Waals surface area (Å²) in [6.45, 7) is 3.96. The molecule has 1 aromatic heterocycles. The standard InChI is InChI=1S/C28H37N5O3/c1-4-23(19-11-7-5-8-12-19)31-28(36)33-25(27(35)32(3)21-13-9-6-10-14-21)22(26(33)34)15-20-16-24(29)30-17-18(20)2/h6,9-10,13-14,16-17,19,22-23,25H,4-5,7-8,11-12,15H2,1-3H3,(H2,29,30)(H,31,36)/t22-,23?,25+/m1/s1. The number of amides is 4. The highest BCUT2D eigenvalue weighted by atomic mass is 16.2. The lowest BCUT2D eigenvalue weighted by Crippen LogP contribution is -2.71. The average molecular weight is 492 g/mol. The number of rotatable bonds is 7. The summed E-state index contributed by atoms with van der Waals surface area (Å²) in [6, 6.07) is 9.63. The number of urea groups is 1. The number of anilines is 2. The Labute approximate surface area is 213 Å². The van der Waals surface area contributed by atoms with Crippen LogP contribution in [0.5, 0.6) is 0 Å². The van der Waals surface area contributed by atoms with Gasteiger partial charge in [0.05, 0.1) is 5.92 Å². The second-order valence-electron chi connectivity index (χ2n) is 10.1. The fraction of sp³-hybridized carbons (Fsp3) is 0.500. The second-order valence-corrected chi connectivity index (χ2v) is 10.1. The van der Waals surface area contributed by atoms with Gasteiger partial charge in [0.25, 0.3) is 5.91 Å². The van der Waals surface area contributed by atoms with E-state index in [1.807, 2.05) is 37.3 Å². The number of para-hydroxylation sites is 1. The third kappa shape index (κ3) is 5.22. The number of aryl methyl sites for hydroxylation is 1. The number of pyridine rings is 1. The van der Waals surface area contributed by atoms with Gasteiger partial charge in [-0.15, -0.1) is 0 Å². The lowest BCUT2D eigenvalue weighted by molar-refractivity contribution is -0.156. The van der Waals surface area contributed by atoms with Gasteiger partial charge in [0.15, 0.2) is 0 Å². The second kappa shape index (κ2) is 11.1. The van der Waals surface area contributed by atoms with Crippen LogP contribution in [0, 0.1) is 18.8 Å². The van der Waals surface area contributed by atoms with Gasteiger partial charge in [0.1, 0.15) is 11.9 Å². The van der Waals surface area contributed by atoms with Crippen LogP contribution in [0.4, 0.5) is 16.3 Å². The molecular formula is C28H37N5O3. The predicted octanol–water partition coefficient (Wildman–Crippen LogP) is 4.07. The fourth-order valence-corrected chi connectivity index (χ4v) is 5.59. The Morgan fingerprint density at radius 2 is 1.89 bits per heavy atom. The molecule has 0 radical (unpaired) electrons. The quantitative estimate of drug-likeness (QED) is 0.568. The molecule has 1 aliphatic heterocycles. The number of benzene rings is 1. The molecule has 2 aliphatic rings. The van der Waals surface area contributed by atoms with E-state index in [-0.39, 0.29) is 17.9 Å². The summed E-state index contributed by atoms with van der Waals surface area (Å²) in [4.78, 5) is 47.3. The third-order valence-corrected chi connectivity index (χ3v) is 7.80. The molecule has 0 bridgehead atoms. The molecule has 1 unspecified atom stereocenters. The molecular weight excluding hydrogens is 454 g/mol. The molecule has 8 heteroatoms. The summed E-state index contributed by atoms with van der Waals surface area (Å²) in [5, 5.41) is 3.10. The van der Waals surface area contributed by atoms with Gasteiger partial charge in [-0.25, -0.2) is 9.78 Å². The summed E-state index contributed by atoms with van der Waals surface area (Å²) in [5.41, 5.74) is 8.34. The smallest absolute Gasteiger partial charge is 0.325 e. The number of carbonyl (C=O) groups is 3. The number of nitrogens with one attached hydrogen (secondary N) is 1. The molecule has 2 heterocycles. The van der Waals surface area contributed by atoms with Gasteiger partial charge in [-0.3, -0.25) is 14.5 Å². The van der Waals surface area contributed by atoms with E-state index >= 15 is 0 Å². The number of likely N-dealkylation sites (tertiary alicyclic amines) is 1. The van der Waals surface area contributed by atoms with Gasteiger partial charge >= 0.3 is 6.03 Å². The summed E-state index contributed by atoms with van der Waals surface area (Å²) in [7, 11) is 1.68. The minimum atomic E-state index is -0.889. The summed E-state index contributed by atoms with van der Waals surface area (Å²) in [6.07, 6.45) is 8.50. The number of likely N-dealkylation sites (N-methyl/N-ethyl adjacent to an activating group) is 1. The lowest BCUT2D eigenvalue weighted by Gasteiger charge is -2.46. The van der Waals surface area contributed by atoms with Crippen LogP contribution in [-0.4, -0.2) is 46.9 Å². The van der Waals surface area contributed by atoms with Crippen molar-refractivity contribution in [3.05, 3.63) is 53.7 Å². The SMILES string of the molecule is CCC(NC(=O)N1C(=O)[C@H](Cc2cc(N)ncc2C)[C@H]1C(=O)N(C)c1ccccc1)C1CCCCC1. The van der Waals surface area contributed by atoms with Crippen molar-refractivity contribution < 1.29 is 14.4 Å². The Balaban J connectivity index is 1.58.